The van der Waals surface area contributed by atoms with Crippen LogP contribution in [0.2, 0.25) is 0 Å². The fraction of sp³-hybridized carbons (Fsp3) is 0.211. The summed E-state index contributed by atoms with van der Waals surface area (Å²) < 4.78 is 60.0. The van der Waals surface area contributed by atoms with Crippen LogP contribution in [0, 0.1) is 111 Å². The van der Waals surface area contributed by atoms with Gasteiger partial charge in [-0.15, -0.1) is 4.52 Å². The molecule has 1 heterocycles. The van der Waals surface area contributed by atoms with Gasteiger partial charge in [0.1, 0.15) is 46.0 Å². The third-order valence-electron chi connectivity index (χ3n) is 17.4. The Morgan fingerprint density at radius 2 is 0.520 bits per heavy atom. The standard InChI is InChI=1S/C76H82N5O12P5/c1-49-25-17-33-69(57(49)9)84-78-94(88-73-37-21-29-53(5)61(73)13)77-98(92-67-45-41-65(82)42-46-67,93-68-47-43-66(83)44-48-68)81(87-72-36-20-28-52(4)60(72)12)97(91-76-40-24-32-56(8)64(76)16)80(86-71-35-19-27-51(3)59(71)11)96(90-75-39-23-31-55(7)63(75)15)79(85-70-34-18-26-50(2)58(70)10)95(78)89-74-38-22-30-54(6)62(74)14/h17-48,82-83H,1-16H3. The van der Waals surface area contributed by atoms with Crippen LogP contribution in [0.25, 0.3) is 0 Å². The largest absolute Gasteiger partial charge is 0.508 e. The summed E-state index contributed by atoms with van der Waals surface area (Å²) in [6.07, 6.45) is 0. The minimum atomic E-state index is -4.93. The second kappa shape index (κ2) is 30.8. The van der Waals surface area contributed by atoms with E-state index in [1.54, 1.807) is 38.1 Å². The maximum absolute atomic E-state index is 11.1. The van der Waals surface area contributed by atoms with Gasteiger partial charge in [-0.3, -0.25) is 0 Å². The molecule has 0 fully saturated rings. The first kappa shape index (κ1) is 70.9. The predicted octanol–water partition coefficient (Wildman–Crippen LogP) is 22.9. The van der Waals surface area contributed by atoms with Gasteiger partial charge in [-0.1, -0.05) is 97.1 Å². The van der Waals surface area contributed by atoms with Crippen molar-refractivity contribution in [2.24, 2.45) is 4.52 Å². The summed E-state index contributed by atoms with van der Waals surface area (Å²) in [6, 6.07) is 59.2. The van der Waals surface area contributed by atoms with Gasteiger partial charge in [-0.05, 0) is 297 Å². The van der Waals surface area contributed by atoms with Crippen LogP contribution in [-0.2, 0) is 0 Å². The molecule has 4 unspecified atom stereocenters. The molecular weight excluding hydrogens is 1330 g/mol. The van der Waals surface area contributed by atoms with Crippen LogP contribution in [0.15, 0.2) is 199 Å². The zero-order chi connectivity index (χ0) is 69.7. The summed E-state index contributed by atoms with van der Waals surface area (Å²) >= 11 is 0. The highest BCUT2D eigenvalue weighted by molar-refractivity contribution is 7.78. The summed E-state index contributed by atoms with van der Waals surface area (Å²) in [6.45, 7) is 32.1. The second-order valence-corrected chi connectivity index (χ2v) is 33.1. The van der Waals surface area contributed by atoms with E-state index < -0.39 is 41.5 Å². The number of benzene rings is 10. The molecule has 17 nitrogen and oxygen atoms in total. The van der Waals surface area contributed by atoms with Gasteiger partial charge in [-0.25, -0.2) is 0 Å². The van der Waals surface area contributed by atoms with Gasteiger partial charge in [0.05, 0.1) is 0 Å². The van der Waals surface area contributed by atoms with Crippen LogP contribution in [0.4, 0.5) is 0 Å². The Bertz CT molecular complexity index is 4530. The average Bonchev–Trinajstić information content (AvgIpc) is 0.737. The SMILES string of the molecule is Cc1cccc(ON2P(Oc3cccc(C)c3C)N=P(Oc3ccc(O)cc3)(Oc3ccc(O)cc3)N(Oc3cccc(C)c3C)P(Oc3cccc(C)c3C)N(Oc3cccc(C)c3C)P(Oc3cccc(C)c3C)N(Oc3cccc(C)c3C)P2Oc2cccc(C)c2C)c1C. The lowest BCUT2D eigenvalue weighted by atomic mass is 10.1. The molecule has 10 aromatic rings. The molecule has 0 saturated carbocycles. The third kappa shape index (κ3) is 15.7. The molecular formula is C76H82N5O12P5. The summed E-state index contributed by atoms with van der Waals surface area (Å²) in [5, 5.41) is 22.3. The minimum Gasteiger partial charge on any atom is -0.508 e. The molecule has 22 heteroatoms. The second-order valence-electron chi connectivity index (χ2n) is 24.1. The van der Waals surface area contributed by atoms with Crippen molar-refractivity contribution in [1.82, 2.24) is 18.4 Å². The van der Waals surface area contributed by atoms with Gasteiger partial charge < -0.3 is 56.7 Å². The van der Waals surface area contributed by atoms with E-state index in [-0.39, 0.29) is 23.0 Å². The fourth-order valence-corrected chi connectivity index (χ4v) is 22.2. The third-order valence-corrected chi connectivity index (χ3v) is 28.3. The maximum atomic E-state index is 11.1. The van der Waals surface area contributed by atoms with Crippen LogP contribution in [-0.4, -0.2) is 28.6 Å². The highest BCUT2D eigenvalue weighted by Gasteiger charge is 2.61. The zero-order valence-corrected chi connectivity index (χ0v) is 62.4. The normalized spacial score (nSPS) is 16.9. The summed E-state index contributed by atoms with van der Waals surface area (Å²) in [5.41, 5.74) is 13.7. The lowest BCUT2D eigenvalue weighted by molar-refractivity contribution is 0.0280. The van der Waals surface area contributed by atoms with Gasteiger partial charge in [0, 0.05) is 18.4 Å². The van der Waals surface area contributed by atoms with E-state index in [2.05, 4.69) is 0 Å². The Labute approximate surface area is 580 Å². The number of aryl methyl sites for hydroxylation is 8. The van der Waals surface area contributed by atoms with Crippen molar-refractivity contribution < 1.29 is 56.7 Å². The first-order valence-corrected chi connectivity index (χ1v) is 38.1. The predicted molar refractivity (Wildman–Crippen MR) is 394 cm³/mol. The van der Waals surface area contributed by atoms with Gasteiger partial charge in [0.2, 0.25) is 0 Å². The monoisotopic (exact) mass is 1410 g/mol. The van der Waals surface area contributed by atoms with E-state index in [9.17, 15) is 10.2 Å². The van der Waals surface area contributed by atoms with Crippen molar-refractivity contribution in [2.45, 2.75) is 111 Å². The highest BCUT2D eigenvalue weighted by atomic mass is 31.3. The molecule has 0 amide bonds. The average molecular weight is 1410 g/mol. The molecule has 0 aromatic heterocycles. The molecule has 0 spiro atoms. The molecule has 0 aliphatic carbocycles. The van der Waals surface area contributed by atoms with Crippen LogP contribution < -0.4 is 46.5 Å². The number of rotatable bonds is 20. The van der Waals surface area contributed by atoms with Gasteiger partial charge in [0.25, 0.3) is 0 Å². The fourth-order valence-electron chi connectivity index (χ4n) is 9.92. The van der Waals surface area contributed by atoms with Gasteiger partial charge in [-0.2, -0.15) is 0 Å². The number of phenolic OH excluding ortho intramolecular Hbond substituents is 2. The Hall–Kier alpha value is -8.41. The van der Waals surface area contributed by atoms with Crippen molar-refractivity contribution in [3.05, 3.63) is 283 Å². The van der Waals surface area contributed by atoms with Crippen LogP contribution in [0.5, 0.6) is 69.0 Å². The lowest BCUT2D eigenvalue weighted by Gasteiger charge is -2.46. The zero-order valence-electron chi connectivity index (χ0n) is 57.9. The van der Waals surface area contributed by atoms with Crippen LogP contribution in [0.1, 0.15) is 89.0 Å². The maximum Gasteiger partial charge on any atom is 0.447 e. The molecule has 1 aliphatic heterocycles. The van der Waals surface area contributed by atoms with Crippen molar-refractivity contribution >= 4 is 41.5 Å². The molecule has 0 radical (unpaired) electrons. The Kier molecular flexibility index (Phi) is 22.3. The van der Waals surface area contributed by atoms with Gasteiger partial charge >= 0.3 is 41.5 Å². The first-order valence-electron chi connectivity index (χ1n) is 31.9. The Morgan fingerprint density at radius 1 is 0.276 bits per heavy atom. The quantitative estimate of drug-likeness (QED) is 0.0694. The molecule has 11 rings (SSSR count). The minimum absolute atomic E-state index is 0.0369. The molecule has 4 atom stereocenters. The van der Waals surface area contributed by atoms with E-state index in [1.165, 1.54) is 28.9 Å². The first-order chi connectivity index (χ1) is 47.0. The van der Waals surface area contributed by atoms with Gasteiger partial charge in [0.15, 0.2) is 23.0 Å². The number of hydrogen-bond donors (Lipinski definition) is 2. The molecule has 0 bridgehead atoms. The summed E-state index contributed by atoms with van der Waals surface area (Å²) in [7, 11) is -16.7. The topological polar surface area (TPSA) is 158 Å². The molecule has 0 saturated heterocycles. The number of hydrogen-bond acceptors (Lipinski definition) is 17. The van der Waals surface area contributed by atoms with Crippen molar-refractivity contribution in [3.8, 4) is 69.0 Å². The number of nitrogens with zero attached hydrogens (tertiary/aromatic N) is 5. The van der Waals surface area contributed by atoms with E-state index in [4.69, 9.17) is 51.0 Å². The number of aromatic hydroxyl groups is 2. The van der Waals surface area contributed by atoms with Crippen LogP contribution in [0.3, 0.4) is 0 Å². The molecule has 2 N–H and O–H groups in total. The molecule has 508 valence electrons. The van der Waals surface area contributed by atoms with Crippen LogP contribution >= 0.6 is 41.5 Å². The van der Waals surface area contributed by atoms with Crippen molar-refractivity contribution in [2.75, 3.05) is 0 Å². The highest BCUT2D eigenvalue weighted by Crippen LogP contribution is 2.79. The van der Waals surface area contributed by atoms with E-state index in [0.717, 1.165) is 89.0 Å². The van der Waals surface area contributed by atoms with E-state index in [0.29, 0.717) is 46.0 Å². The molecule has 10 aromatic carbocycles. The summed E-state index contributed by atoms with van der Waals surface area (Å²) in [4.78, 5) is 31.5. The van der Waals surface area contributed by atoms with E-state index in [1.807, 2.05) is 256 Å². The number of phenols is 2. The van der Waals surface area contributed by atoms with Crippen molar-refractivity contribution in [3.63, 3.8) is 0 Å². The summed E-state index contributed by atoms with van der Waals surface area (Å²) in [5.74, 6) is 3.59. The Balaban J connectivity index is 1.43. The van der Waals surface area contributed by atoms with E-state index >= 15 is 0 Å². The molecule has 1 aliphatic rings. The Morgan fingerprint density at radius 3 is 0.847 bits per heavy atom. The lowest BCUT2D eigenvalue weighted by Crippen LogP contribution is -2.41. The molecule has 98 heavy (non-hydrogen) atoms. The smallest absolute Gasteiger partial charge is 0.447 e. The van der Waals surface area contributed by atoms with Crippen molar-refractivity contribution in [1.29, 1.82) is 0 Å².